The summed E-state index contributed by atoms with van der Waals surface area (Å²) in [5.74, 6) is 0.208. The van der Waals surface area contributed by atoms with Gasteiger partial charge in [0.1, 0.15) is 0 Å². The Morgan fingerprint density at radius 1 is 0.966 bits per heavy atom. The summed E-state index contributed by atoms with van der Waals surface area (Å²) in [6.45, 7) is 0. The molecular formula is C21H19N5O2S. The number of ether oxygens (including phenoxy) is 1. The van der Waals surface area contributed by atoms with Crippen LogP contribution in [0.15, 0.2) is 88.1 Å². The van der Waals surface area contributed by atoms with Crippen molar-refractivity contribution < 1.29 is 9.84 Å². The first-order valence-corrected chi connectivity index (χ1v) is 9.09. The van der Waals surface area contributed by atoms with Crippen LogP contribution >= 0.6 is 12.2 Å². The van der Waals surface area contributed by atoms with Crippen LogP contribution in [0.1, 0.15) is 5.56 Å². The number of thiocarbonyl (C=S) groups is 1. The van der Waals surface area contributed by atoms with E-state index in [4.69, 9.17) is 17.0 Å². The number of methoxy groups -OCH3 is 1. The van der Waals surface area contributed by atoms with Crippen LogP contribution in [0.3, 0.4) is 0 Å². The molecule has 0 saturated carbocycles. The van der Waals surface area contributed by atoms with Crippen LogP contribution in [-0.2, 0) is 0 Å². The molecule has 0 radical (unpaired) electrons. The minimum atomic E-state index is -0.0568. The van der Waals surface area contributed by atoms with Crippen LogP contribution in [0, 0.1) is 0 Å². The number of azo groups is 1. The van der Waals surface area contributed by atoms with Crippen LogP contribution in [0.2, 0.25) is 0 Å². The number of anilines is 1. The molecule has 0 saturated heterocycles. The Kier molecular flexibility index (Phi) is 6.85. The van der Waals surface area contributed by atoms with Crippen molar-refractivity contribution in [3.8, 4) is 11.5 Å². The second-order valence-corrected chi connectivity index (χ2v) is 6.22. The van der Waals surface area contributed by atoms with Gasteiger partial charge < -0.3 is 15.2 Å². The second-order valence-electron chi connectivity index (χ2n) is 5.81. The molecule has 0 fully saturated rings. The first-order valence-electron chi connectivity index (χ1n) is 8.68. The lowest BCUT2D eigenvalue weighted by molar-refractivity contribution is 0.373. The number of nitrogens with zero attached hydrogens (tertiary/aromatic N) is 3. The SMILES string of the molecule is COc1cc(N=Nc2ccccc2)cc(/C=N\NC(=S)Nc2ccccc2)c1O. The Morgan fingerprint density at radius 3 is 2.31 bits per heavy atom. The fourth-order valence-corrected chi connectivity index (χ4v) is 2.55. The fourth-order valence-electron chi connectivity index (χ4n) is 2.38. The zero-order valence-corrected chi connectivity index (χ0v) is 16.4. The highest BCUT2D eigenvalue weighted by atomic mass is 32.1. The van der Waals surface area contributed by atoms with Gasteiger partial charge in [0.15, 0.2) is 16.6 Å². The van der Waals surface area contributed by atoms with Crippen molar-refractivity contribution in [3.05, 3.63) is 78.4 Å². The van der Waals surface area contributed by atoms with E-state index in [1.54, 1.807) is 12.1 Å². The first-order chi connectivity index (χ1) is 14.2. The van der Waals surface area contributed by atoms with Crippen molar-refractivity contribution in [1.29, 1.82) is 0 Å². The average molecular weight is 405 g/mol. The number of para-hydroxylation sites is 1. The molecule has 146 valence electrons. The molecule has 3 aromatic rings. The molecule has 0 spiro atoms. The minimum Gasteiger partial charge on any atom is -0.504 e. The summed E-state index contributed by atoms with van der Waals surface area (Å²) in [5, 5.41) is 26.1. The summed E-state index contributed by atoms with van der Waals surface area (Å²) < 4.78 is 5.21. The lowest BCUT2D eigenvalue weighted by atomic mass is 10.2. The zero-order valence-electron chi connectivity index (χ0n) is 15.6. The van der Waals surface area contributed by atoms with E-state index in [9.17, 15) is 5.11 Å². The van der Waals surface area contributed by atoms with E-state index in [1.165, 1.54) is 13.3 Å². The number of hydrogen-bond acceptors (Lipinski definition) is 6. The molecule has 3 rings (SSSR count). The van der Waals surface area contributed by atoms with Gasteiger partial charge in [0.25, 0.3) is 0 Å². The first kappa shape index (κ1) is 20.0. The molecule has 0 aliphatic carbocycles. The Morgan fingerprint density at radius 2 is 1.62 bits per heavy atom. The minimum absolute atomic E-state index is 0.0568. The smallest absolute Gasteiger partial charge is 0.191 e. The van der Waals surface area contributed by atoms with Gasteiger partial charge >= 0.3 is 0 Å². The number of aromatic hydroxyl groups is 1. The summed E-state index contributed by atoms with van der Waals surface area (Å²) >= 11 is 5.20. The van der Waals surface area contributed by atoms with Gasteiger partial charge in [-0.3, -0.25) is 5.43 Å². The highest BCUT2D eigenvalue weighted by Crippen LogP contribution is 2.34. The predicted molar refractivity (Wildman–Crippen MR) is 119 cm³/mol. The van der Waals surface area contributed by atoms with Gasteiger partial charge in [0.2, 0.25) is 0 Å². The number of hydrogen-bond donors (Lipinski definition) is 3. The number of phenols is 1. The number of hydrazone groups is 1. The highest BCUT2D eigenvalue weighted by Gasteiger charge is 2.09. The molecule has 0 heterocycles. The maximum atomic E-state index is 10.3. The molecule has 0 bridgehead atoms. The average Bonchev–Trinajstić information content (AvgIpc) is 2.75. The van der Waals surface area contributed by atoms with E-state index in [0.717, 1.165) is 5.69 Å². The topological polar surface area (TPSA) is 90.6 Å². The molecular weight excluding hydrogens is 386 g/mol. The Bertz CT molecular complexity index is 1020. The highest BCUT2D eigenvalue weighted by molar-refractivity contribution is 7.80. The summed E-state index contributed by atoms with van der Waals surface area (Å²) in [4.78, 5) is 0. The van der Waals surface area contributed by atoms with Crippen LogP contribution in [-0.4, -0.2) is 23.5 Å². The molecule has 0 aliphatic heterocycles. The van der Waals surface area contributed by atoms with Crippen molar-refractivity contribution in [2.24, 2.45) is 15.3 Å². The van der Waals surface area contributed by atoms with E-state index in [0.29, 0.717) is 22.1 Å². The van der Waals surface area contributed by atoms with E-state index < -0.39 is 0 Å². The third kappa shape index (κ3) is 5.85. The van der Waals surface area contributed by atoms with Crippen LogP contribution in [0.5, 0.6) is 11.5 Å². The molecule has 3 aromatic carbocycles. The number of phenolic OH excluding ortho intramolecular Hbond substituents is 1. The van der Waals surface area contributed by atoms with Crippen LogP contribution in [0.25, 0.3) is 0 Å². The number of benzene rings is 3. The zero-order chi connectivity index (χ0) is 20.5. The van der Waals surface area contributed by atoms with Crippen molar-refractivity contribution in [2.45, 2.75) is 0 Å². The lowest BCUT2D eigenvalue weighted by Crippen LogP contribution is -2.23. The standard InChI is InChI=1S/C21H19N5O2S/c1-28-19-13-18(25-24-17-10-6-3-7-11-17)12-15(20(19)27)14-22-26-21(29)23-16-8-4-2-5-9-16/h2-14,27H,1H3,(H2,23,26,29)/b22-14-,25-24?. The Labute approximate surface area is 173 Å². The summed E-state index contributed by atoms with van der Waals surface area (Å²) in [6, 6.07) is 22.1. The van der Waals surface area contributed by atoms with E-state index in [2.05, 4.69) is 26.1 Å². The third-order valence-electron chi connectivity index (χ3n) is 3.75. The monoisotopic (exact) mass is 405 g/mol. The van der Waals surface area contributed by atoms with E-state index in [-0.39, 0.29) is 11.5 Å². The Hall–Kier alpha value is -3.78. The largest absolute Gasteiger partial charge is 0.504 e. The van der Waals surface area contributed by atoms with Gasteiger partial charge in [0, 0.05) is 17.3 Å². The van der Waals surface area contributed by atoms with Gasteiger partial charge in [0.05, 0.1) is 24.7 Å². The fraction of sp³-hybridized carbons (Fsp3) is 0.0476. The Balaban J connectivity index is 1.73. The van der Waals surface area contributed by atoms with Crippen molar-refractivity contribution in [2.75, 3.05) is 12.4 Å². The van der Waals surface area contributed by atoms with E-state index in [1.807, 2.05) is 60.7 Å². The van der Waals surface area contributed by atoms with Gasteiger partial charge in [-0.2, -0.15) is 15.3 Å². The molecule has 29 heavy (non-hydrogen) atoms. The second kappa shape index (κ2) is 9.95. The third-order valence-corrected chi connectivity index (χ3v) is 3.94. The van der Waals surface area contributed by atoms with Crippen molar-refractivity contribution in [1.82, 2.24) is 5.43 Å². The molecule has 0 aliphatic rings. The van der Waals surface area contributed by atoms with Gasteiger partial charge in [-0.1, -0.05) is 36.4 Å². The maximum absolute atomic E-state index is 10.3. The lowest BCUT2D eigenvalue weighted by Gasteiger charge is -2.08. The van der Waals surface area contributed by atoms with Crippen LogP contribution in [0.4, 0.5) is 17.1 Å². The molecule has 7 nitrogen and oxygen atoms in total. The van der Waals surface area contributed by atoms with Crippen molar-refractivity contribution in [3.63, 3.8) is 0 Å². The molecule has 0 atom stereocenters. The molecule has 0 aromatic heterocycles. The molecule has 0 amide bonds. The normalized spacial score (nSPS) is 10.9. The quantitative estimate of drug-likeness (QED) is 0.229. The number of rotatable bonds is 6. The van der Waals surface area contributed by atoms with Gasteiger partial charge in [-0.05, 0) is 42.5 Å². The maximum Gasteiger partial charge on any atom is 0.191 e. The van der Waals surface area contributed by atoms with Gasteiger partial charge in [-0.25, -0.2) is 0 Å². The summed E-state index contributed by atoms with van der Waals surface area (Å²) in [6.07, 6.45) is 1.43. The summed E-state index contributed by atoms with van der Waals surface area (Å²) in [7, 11) is 1.46. The van der Waals surface area contributed by atoms with Gasteiger partial charge in [-0.15, -0.1) is 0 Å². The molecule has 8 heteroatoms. The van der Waals surface area contributed by atoms with E-state index >= 15 is 0 Å². The molecule has 3 N–H and O–H groups in total. The summed E-state index contributed by atoms with van der Waals surface area (Å²) in [5.41, 5.74) is 5.18. The molecule has 0 unspecified atom stereocenters. The van der Waals surface area contributed by atoms with Crippen molar-refractivity contribution >= 4 is 40.6 Å². The van der Waals surface area contributed by atoms with Crippen LogP contribution < -0.4 is 15.5 Å². The number of nitrogens with one attached hydrogen (secondary N) is 2. The predicted octanol–water partition coefficient (Wildman–Crippen LogP) is 5.14.